The topological polar surface area (TPSA) is 0 Å². The van der Waals surface area contributed by atoms with Crippen LogP contribution in [-0.2, 0) is 0 Å². The molecule has 1 heteroatoms. The van der Waals surface area contributed by atoms with Crippen LogP contribution in [0.15, 0.2) is 0 Å². The van der Waals surface area contributed by atoms with E-state index in [0.717, 1.165) is 0 Å². The summed E-state index contributed by atoms with van der Waals surface area (Å²) in [5, 5.41) is 0. The summed E-state index contributed by atoms with van der Waals surface area (Å²) in [5.41, 5.74) is 1.21. The molecule has 13 heavy (non-hydrogen) atoms. The van der Waals surface area contributed by atoms with Gasteiger partial charge in [-0.1, -0.05) is 6.92 Å². The minimum absolute atomic E-state index is 0.467. The van der Waals surface area contributed by atoms with Crippen LogP contribution in [-0.4, -0.2) is 24.6 Å². The SMILES string of the molecule is CCC[P+]1(C)CCCC2CCCC21. The highest BCUT2D eigenvalue weighted by Crippen LogP contribution is 2.69. The molecular weight excluding hydrogens is 175 g/mol. The van der Waals surface area contributed by atoms with Crippen LogP contribution in [0.2, 0.25) is 0 Å². The van der Waals surface area contributed by atoms with Gasteiger partial charge in [-0.05, 0) is 44.4 Å². The van der Waals surface area contributed by atoms with Crippen molar-refractivity contribution in [2.45, 2.75) is 51.1 Å². The lowest BCUT2D eigenvalue weighted by molar-refractivity contribution is 0.481. The van der Waals surface area contributed by atoms with Gasteiger partial charge in [-0.2, -0.15) is 0 Å². The molecule has 0 N–H and O–H groups in total. The van der Waals surface area contributed by atoms with Crippen molar-refractivity contribution >= 4 is 7.26 Å². The van der Waals surface area contributed by atoms with Gasteiger partial charge in [0.2, 0.25) is 0 Å². The molecule has 0 spiro atoms. The van der Waals surface area contributed by atoms with E-state index in [0.29, 0.717) is 0 Å². The van der Waals surface area contributed by atoms with E-state index in [-0.39, 0.29) is 0 Å². The summed E-state index contributed by atoms with van der Waals surface area (Å²) >= 11 is 0. The normalized spacial score (nSPS) is 44.8. The summed E-state index contributed by atoms with van der Waals surface area (Å²) < 4.78 is 0. The first-order chi connectivity index (χ1) is 6.26. The molecule has 76 valence electrons. The quantitative estimate of drug-likeness (QED) is 0.589. The molecule has 1 saturated heterocycles. The van der Waals surface area contributed by atoms with E-state index in [2.05, 4.69) is 13.6 Å². The van der Waals surface area contributed by atoms with Gasteiger partial charge in [-0.3, -0.25) is 0 Å². The first kappa shape index (κ1) is 9.97. The fourth-order valence-corrected chi connectivity index (χ4v) is 8.78. The first-order valence-electron chi connectivity index (χ1n) is 6.10. The van der Waals surface area contributed by atoms with Crippen molar-refractivity contribution in [1.29, 1.82) is 0 Å². The molecule has 0 aromatic heterocycles. The number of hydrogen-bond donors (Lipinski definition) is 0. The van der Waals surface area contributed by atoms with Crippen molar-refractivity contribution < 1.29 is 0 Å². The van der Waals surface area contributed by atoms with Crippen LogP contribution in [0, 0.1) is 5.92 Å². The molecular formula is C12H24P+. The predicted molar refractivity (Wildman–Crippen MR) is 63.2 cm³/mol. The maximum absolute atomic E-state index is 2.68. The van der Waals surface area contributed by atoms with Crippen molar-refractivity contribution in [3.63, 3.8) is 0 Å². The average Bonchev–Trinajstić information content (AvgIpc) is 2.54. The van der Waals surface area contributed by atoms with E-state index >= 15 is 0 Å². The summed E-state index contributed by atoms with van der Waals surface area (Å²) in [4.78, 5) is 0. The zero-order valence-electron chi connectivity index (χ0n) is 9.26. The van der Waals surface area contributed by atoms with Crippen LogP contribution in [0.4, 0.5) is 0 Å². The molecule has 1 aliphatic carbocycles. The third-order valence-electron chi connectivity index (χ3n) is 4.40. The molecule has 1 saturated carbocycles. The van der Waals surface area contributed by atoms with E-state index in [1.54, 1.807) is 44.4 Å². The smallest absolute Gasteiger partial charge is 0.0619 e. The van der Waals surface area contributed by atoms with E-state index in [4.69, 9.17) is 0 Å². The summed E-state index contributed by atoms with van der Waals surface area (Å²) in [6.07, 6.45) is 12.5. The Morgan fingerprint density at radius 3 is 2.69 bits per heavy atom. The van der Waals surface area contributed by atoms with Crippen LogP contribution in [0.5, 0.6) is 0 Å². The molecule has 0 aromatic carbocycles. The fourth-order valence-electron chi connectivity index (χ4n) is 3.84. The molecule has 2 rings (SSSR count). The van der Waals surface area contributed by atoms with Crippen LogP contribution in [0.1, 0.15) is 45.4 Å². The third kappa shape index (κ3) is 1.80. The lowest BCUT2D eigenvalue weighted by atomic mass is 10.0. The van der Waals surface area contributed by atoms with Crippen molar-refractivity contribution in [3.05, 3.63) is 0 Å². The molecule has 2 aliphatic rings. The molecule has 0 bridgehead atoms. The summed E-state index contributed by atoms with van der Waals surface area (Å²) in [6.45, 7) is 5.06. The van der Waals surface area contributed by atoms with Crippen molar-refractivity contribution in [3.8, 4) is 0 Å². The molecule has 1 aliphatic heterocycles. The van der Waals surface area contributed by atoms with Gasteiger partial charge in [0.25, 0.3) is 0 Å². The van der Waals surface area contributed by atoms with Gasteiger partial charge in [0.05, 0.1) is 18.0 Å². The van der Waals surface area contributed by atoms with Crippen LogP contribution >= 0.6 is 7.26 Å². The monoisotopic (exact) mass is 199 g/mol. The Balaban J connectivity index is 2.08. The number of fused-ring (bicyclic) bond motifs is 1. The molecule has 3 unspecified atom stereocenters. The fraction of sp³-hybridized carbons (Fsp3) is 1.00. The predicted octanol–water partition coefficient (Wildman–Crippen LogP) is 4.01. The third-order valence-corrected chi connectivity index (χ3v) is 9.49. The van der Waals surface area contributed by atoms with E-state index < -0.39 is 7.26 Å². The molecule has 0 aromatic rings. The summed E-state index contributed by atoms with van der Waals surface area (Å²) in [6, 6.07) is 0. The Labute approximate surface area is 83.8 Å². The minimum atomic E-state index is -0.467. The van der Waals surface area contributed by atoms with Crippen molar-refractivity contribution in [2.75, 3.05) is 19.0 Å². The second kappa shape index (κ2) is 3.89. The van der Waals surface area contributed by atoms with E-state index in [1.807, 2.05) is 0 Å². The summed E-state index contributed by atoms with van der Waals surface area (Å²) in [7, 11) is -0.467. The highest BCUT2D eigenvalue weighted by atomic mass is 31.2. The van der Waals surface area contributed by atoms with Gasteiger partial charge in [-0.25, -0.2) is 0 Å². The zero-order chi connectivity index (χ0) is 9.31. The lowest BCUT2D eigenvalue weighted by Crippen LogP contribution is -2.27. The van der Waals surface area contributed by atoms with Crippen molar-refractivity contribution in [2.24, 2.45) is 5.92 Å². The molecule has 0 nitrogen and oxygen atoms in total. The molecule has 0 radical (unpaired) electrons. The Morgan fingerprint density at radius 1 is 1.15 bits per heavy atom. The lowest BCUT2D eigenvalue weighted by Gasteiger charge is -2.37. The number of rotatable bonds is 2. The van der Waals surface area contributed by atoms with Gasteiger partial charge in [0.15, 0.2) is 0 Å². The molecule has 1 heterocycles. The largest absolute Gasteiger partial charge is 0.0723 e. The zero-order valence-corrected chi connectivity index (χ0v) is 10.2. The van der Waals surface area contributed by atoms with Crippen LogP contribution in [0.25, 0.3) is 0 Å². The van der Waals surface area contributed by atoms with Gasteiger partial charge in [0.1, 0.15) is 0 Å². The maximum atomic E-state index is 2.68. The maximum Gasteiger partial charge on any atom is 0.0723 e. The Morgan fingerprint density at radius 2 is 1.92 bits per heavy atom. The average molecular weight is 199 g/mol. The second-order valence-corrected chi connectivity index (χ2v) is 9.84. The van der Waals surface area contributed by atoms with E-state index in [9.17, 15) is 0 Å². The highest BCUT2D eigenvalue weighted by molar-refractivity contribution is 7.75. The van der Waals surface area contributed by atoms with Crippen molar-refractivity contribution in [1.82, 2.24) is 0 Å². The Hall–Kier alpha value is 0.430. The number of hydrogen-bond acceptors (Lipinski definition) is 0. The molecule has 0 amide bonds. The van der Waals surface area contributed by atoms with Gasteiger partial charge < -0.3 is 0 Å². The molecule has 2 fully saturated rings. The van der Waals surface area contributed by atoms with Gasteiger partial charge >= 0.3 is 0 Å². The van der Waals surface area contributed by atoms with E-state index in [1.165, 1.54) is 18.0 Å². The standard InChI is InChI=1S/C12H24P/c1-3-9-13(2)10-5-7-11-6-4-8-12(11)13/h11-12H,3-10H2,1-2H3/q+1. The second-order valence-electron chi connectivity index (χ2n) is 5.33. The van der Waals surface area contributed by atoms with Crippen LogP contribution in [0.3, 0.4) is 0 Å². The van der Waals surface area contributed by atoms with Gasteiger partial charge in [-0.15, -0.1) is 0 Å². The molecule has 3 atom stereocenters. The minimum Gasteiger partial charge on any atom is -0.0619 e. The first-order valence-corrected chi connectivity index (χ1v) is 8.78. The van der Waals surface area contributed by atoms with Crippen LogP contribution < -0.4 is 0 Å². The van der Waals surface area contributed by atoms with Gasteiger partial charge in [0, 0.05) is 13.9 Å². The highest BCUT2D eigenvalue weighted by Gasteiger charge is 2.49. The Bertz CT molecular complexity index is 174. The summed E-state index contributed by atoms with van der Waals surface area (Å²) in [5.74, 6) is 1.17. The Kier molecular flexibility index (Phi) is 2.98.